The zero-order chi connectivity index (χ0) is 23.7. The molecule has 4 nitrogen and oxygen atoms in total. The van der Waals surface area contributed by atoms with Gasteiger partial charge in [0.25, 0.3) is 5.91 Å². The lowest BCUT2D eigenvalue weighted by Crippen LogP contribution is -2.67. The van der Waals surface area contributed by atoms with Gasteiger partial charge in [-0.15, -0.1) is 0 Å². The highest BCUT2D eigenvalue weighted by molar-refractivity contribution is 5.94. The molecule has 3 atom stereocenters. The van der Waals surface area contributed by atoms with Gasteiger partial charge >= 0.3 is 0 Å². The van der Waals surface area contributed by atoms with Crippen LogP contribution in [0.1, 0.15) is 34.7 Å². The number of halogens is 2. The molecule has 3 aromatic rings. The number of hydrogen-bond acceptors (Lipinski definition) is 3. The molecule has 34 heavy (non-hydrogen) atoms. The van der Waals surface area contributed by atoms with E-state index in [9.17, 15) is 18.7 Å². The maximum Gasteiger partial charge on any atom is 0.253 e. The molecular weight excluding hydrogens is 434 g/mol. The molecule has 3 aromatic carbocycles. The first-order valence-corrected chi connectivity index (χ1v) is 11.8. The maximum absolute atomic E-state index is 13.3. The van der Waals surface area contributed by atoms with Gasteiger partial charge in [0.1, 0.15) is 11.6 Å². The summed E-state index contributed by atoms with van der Waals surface area (Å²) in [4.78, 5) is 17.4. The molecule has 5 rings (SSSR count). The third kappa shape index (κ3) is 4.36. The normalized spacial score (nSPS) is 22.9. The van der Waals surface area contributed by atoms with Crippen molar-refractivity contribution in [1.29, 1.82) is 0 Å². The molecule has 6 heteroatoms. The molecule has 0 spiro atoms. The van der Waals surface area contributed by atoms with E-state index in [-0.39, 0.29) is 42.2 Å². The van der Waals surface area contributed by atoms with E-state index in [2.05, 4.69) is 17.0 Å². The lowest BCUT2D eigenvalue weighted by Gasteiger charge is -2.57. The number of aliphatic hydroxyl groups excluding tert-OH is 1. The summed E-state index contributed by atoms with van der Waals surface area (Å²) < 4.78 is 26.6. The van der Waals surface area contributed by atoms with Crippen LogP contribution < -0.4 is 0 Å². The first-order chi connectivity index (χ1) is 16.5. The van der Waals surface area contributed by atoms with E-state index in [1.54, 1.807) is 12.1 Å². The second-order valence-electron chi connectivity index (χ2n) is 9.17. The number of rotatable bonds is 4. The fourth-order valence-electron chi connectivity index (χ4n) is 5.44. The molecule has 2 aliphatic rings. The van der Waals surface area contributed by atoms with E-state index < -0.39 is 0 Å². The van der Waals surface area contributed by atoms with Crippen molar-refractivity contribution in [2.45, 2.75) is 30.8 Å². The Bertz CT molecular complexity index is 1130. The molecule has 2 aliphatic heterocycles. The highest BCUT2D eigenvalue weighted by atomic mass is 19.1. The Morgan fingerprint density at radius 2 is 1.38 bits per heavy atom. The molecule has 0 unspecified atom stereocenters. The van der Waals surface area contributed by atoms with E-state index in [1.807, 2.05) is 17.0 Å². The van der Waals surface area contributed by atoms with Crippen molar-refractivity contribution in [3.05, 3.63) is 95.6 Å². The summed E-state index contributed by atoms with van der Waals surface area (Å²) in [6, 6.07) is 20.5. The van der Waals surface area contributed by atoms with Gasteiger partial charge in [0.15, 0.2) is 0 Å². The van der Waals surface area contributed by atoms with E-state index in [1.165, 1.54) is 36.4 Å². The lowest BCUT2D eigenvalue weighted by molar-refractivity contribution is -0.0606. The molecule has 2 saturated heterocycles. The Kier molecular flexibility index (Phi) is 6.44. The fraction of sp³-hybridized carbons (Fsp3) is 0.321. The van der Waals surface area contributed by atoms with Crippen molar-refractivity contribution in [3.63, 3.8) is 0 Å². The summed E-state index contributed by atoms with van der Waals surface area (Å²) in [5.74, 6) is -0.595. The summed E-state index contributed by atoms with van der Waals surface area (Å²) >= 11 is 0. The van der Waals surface area contributed by atoms with Gasteiger partial charge in [-0.05, 0) is 72.5 Å². The Hall–Kier alpha value is -3.09. The largest absolute Gasteiger partial charge is 0.395 e. The van der Waals surface area contributed by atoms with Gasteiger partial charge in [0, 0.05) is 36.7 Å². The molecule has 176 valence electrons. The van der Waals surface area contributed by atoms with Gasteiger partial charge in [-0.25, -0.2) is 8.78 Å². The van der Waals surface area contributed by atoms with Gasteiger partial charge in [-0.2, -0.15) is 0 Å². The van der Waals surface area contributed by atoms with E-state index >= 15 is 0 Å². The van der Waals surface area contributed by atoms with Gasteiger partial charge in [-0.1, -0.05) is 36.4 Å². The van der Waals surface area contributed by atoms with Crippen LogP contribution in [-0.2, 0) is 0 Å². The minimum Gasteiger partial charge on any atom is -0.395 e. The SMILES string of the molecule is O=C(c1ccc(F)cc1)N1CCCCN2[C@H](C1)[C@H](c1ccc(-c3ccc(F)cc3)cc1)[C@@H]2CO. The molecule has 2 heterocycles. The third-order valence-corrected chi connectivity index (χ3v) is 7.22. The number of carbonyl (C=O) groups excluding carboxylic acids is 1. The molecule has 1 amide bonds. The van der Waals surface area contributed by atoms with Gasteiger partial charge in [0.05, 0.1) is 6.61 Å². The van der Waals surface area contributed by atoms with Crippen molar-refractivity contribution in [2.75, 3.05) is 26.2 Å². The van der Waals surface area contributed by atoms with E-state index in [0.29, 0.717) is 18.7 Å². The molecule has 0 bridgehead atoms. The van der Waals surface area contributed by atoms with Gasteiger partial charge in [0.2, 0.25) is 0 Å². The van der Waals surface area contributed by atoms with Gasteiger partial charge in [-0.3, -0.25) is 9.69 Å². The number of nitrogens with zero attached hydrogens (tertiary/aromatic N) is 2. The lowest BCUT2D eigenvalue weighted by atomic mass is 9.74. The molecule has 0 radical (unpaired) electrons. The average Bonchev–Trinajstić information content (AvgIpc) is 2.84. The van der Waals surface area contributed by atoms with Crippen molar-refractivity contribution < 1.29 is 18.7 Å². The zero-order valence-corrected chi connectivity index (χ0v) is 18.9. The van der Waals surface area contributed by atoms with Crippen LogP contribution >= 0.6 is 0 Å². The van der Waals surface area contributed by atoms with Crippen molar-refractivity contribution in [2.24, 2.45) is 0 Å². The third-order valence-electron chi connectivity index (χ3n) is 7.22. The predicted octanol–water partition coefficient (Wildman–Crippen LogP) is 4.70. The number of hydrogen-bond donors (Lipinski definition) is 1. The predicted molar refractivity (Wildman–Crippen MR) is 127 cm³/mol. The average molecular weight is 463 g/mol. The topological polar surface area (TPSA) is 43.8 Å². The quantitative estimate of drug-likeness (QED) is 0.612. The van der Waals surface area contributed by atoms with Crippen LogP contribution in [-0.4, -0.2) is 59.1 Å². The second kappa shape index (κ2) is 9.65. The van der Waals surface area contributed by atoms with Crippen molar-refractivity contribution >= 4 is 5.91 Å². The second-order valence-corrected chi connectivity index (χ2v) is 9.17. The maximum atomic E-state index is 13.3. The number of aliphatic hydroxyl groups is 1. The number of fused-ring (bicyclic) bond motifs is 1. The fourth-order valence-corrected chi connectivity index (χ4v) is 5.44. The number of carbonyl (C=O) groups is 1. The number of benzene rings is 3. The van der Waals surface area contributed by atoms with Gasteiger partial charge < -0.3 is 10.0 Å². The highest BCUT2D eigenvalue weighted by Gasteiger charge is 2.49. The van der Waals surface area contributed by atoms with Crippen molar-refractivity contribution in [3.8, 4) is 11.1 Å². The van der Waals surface area contributed by atoms with E-state index in [0.717, 1.165) is 36.1 Å². The van der Waals surface area contributed by atoms with Crippen molar-refractivity contribution in [1.82, 2.24) is 9.80 Å². The summed E-state index contributed by atoms with van der Waals surface area (Å²) in [5, 5.41) is 10.2. The van der Waals surface area contributed by atoms with Crippen LogP contribution in [0.2, 0.25) is 0 Å². The first kappa shape index (κ1) is 22.7. The molecule has 0 aromatic heterocycles. The van der Waals surface area contributed by atoms with Crippen LogP contribution in [0.3, 0.4) is 0 Å². The number of amides is 1. The zero-order valence-electron chi connectivity index (χ0n) is 18.9. The van der Waals surface area contributed by atoms with Crippen LogP contribution in [0.15, 0.2) is 72.8 Å². The van der Waals surface area contributed by atoms with Crippen LogP contribution in [0, 0.1) is 11.6 Å². The minimum absolute atomic E-state index is 0.0162. The summed E-state index contributed by atoms with van der Waals surface area (Å²) in [5.41, 5.74) is 3.57. The van der Waals surface area contributed by atoms with Crippen LogP contribution in [0.5, 0.6) is 0 Å². The molecule has 0 aliphatic carbocycles. The summed E-state index contributed by atoms with van der Waals surface area (Å²) in [6.45, 7) is 2.20. The Morgan fingerprint density at radius 3 is 2.00 bits per heavy atom. The van der Waals surface area contributed by atoms with Crippen LogP contribution in [0.25, 0.3) is 11.1 Å². The highest BCUT2D eigenvalue weighted by Crippen LogP contribution is 2.42. The molecule has 2 fully saturated rings. The molecule has 1 N–H and O–H groups in total. The smallest absolute Gasteiger partial charge is 0.253 e. The first-order valence-electron chi connectivity index (χ1n) is 11.8. The monoisotopic (exact) mass is 462 g/mol. The minimum atomic E-state index is -0.357. The van der Waals surface area contributed by atoms with E-state index in [4.69, 9.17) is 0 Å². The Morgan fingerprint density at radius 1 is 0.824 bits per heavy atom. The van der Waals surface area contributed by atoms with Crippen LogP contribution in [0.4, 0.5) is 8.78 Å². The molecule has 0 saturated carbocycles. The summed E-state index contributed by atoms with van der Waals surface area (Å²) in [7, 11) is 0. The standard InChI is InChI=1S/C28H28F2N2O2/c29-23-11-7-20(8-12-23)19-3-5-21(6-4-19)27-25-17-31(15-1-2-16-32(25)26(27)18-33)28(34)22-9-13-24(30)14-10-22/h3-14,25-27,33H,1-2,15-18H2/t25-,26+,27+/m1/s1. The summed E-state index contributed by atoms with van der Waals surface area (Å²) in [6.07, 6.45) is 1.85. The Balaban J connectivity index is 1.38. The Labute approximate surface area is 198 Å². The molecular formula is C28H28F2N2O2.